The van der Waals surface area contributed by atoms with Crippen LogP contribution in [0.4, 0.5) is 0 Å². The van der Waals surface area contributed by atoms with Crippen LogP contribution in [0.25, 0.3) is 0 Å². The fraction of sp³-hybridized carbons (Fsp3) is 0.615. The van der Waals surface area contributed by atoms with Crippen LogP contribution in [0, 0.1) is 11.3 Å². The van der Waals surface area contributed by atoms with Gasteiger partial charge in [-0.2, -0.15) is 5.26 Å². The molecule has 1 aliphatic rings. The minimum atomic E-state index is -0.361. The van der Waals surface area contributed by atoms with Crippen molar-refractivity contribution in [2.45, 2.75) is 25.9 Å². The minimum Gasteiger partial charge on any atom is -0.453 e. The predicted octanol–water partition coefficient (Wildman–Crippen LogP) is 2.46. The highest BCUT2D eigenvalue weighted by molar-refractivity contribution is 9.10. The van der Waals surface area contributed by atoms with Crippen LogP contribution in [-0.4, -0.2) is 41.5 Å². The van der Waals surface area contributed by atoms with Crippen LogP contribution >= 0.6 is 15.9 Å². The summed E-state index contributed by atoms with van der Waals surface area (Å²) >= 11 is 3.31. The van der Waals surface area contributed by atoms with Crippen molar-refractivity contribution in [1.29, 1.82) is 5.26 Å². The van der Waals surface area contributed by atoms with Crippen molar-refractivity contribution in [3.63, 3.8) is 0 Å². The number of hydrogen-bond acceptors (Lipinski definition) is 4. The Bertz CT molecular complexity index is 441. The summed E-state index contributed by atoms with van der Waals surface area (Å²) in [5.74, 6) is 0.981. The SMILES string of the molecule is CC(C)(C#N)N1CCN(Cc2ccc(Br)o2)CC1. The Labute approximate surface area is 116 Å². The Hall–Kier alpha value is -0.830. The zero-order chi connectivity index (χ0) is 13.2. The first-order valence-corrected chi connectivity index (χ1v) is 6.93. The average molecular weight is 312 g/mol. The molecule has 0 amide bonds. The summed E-state index contributed by atoms with van der Waals surface area (Å²) in [4.78, 5) is 4.59. The maximum atomic E-state index is 9.12. The Morgan fingerprint density at radius 2 is 2.00 bits per heavy atom. The lowest BCUT2D eigenvalue weighted by Crippen LogP contribution is -2.53. The molecule has 0 saturated carbocycles. The van der Waals surface area contributed by atoms with Crippen molar-refractivity contribution in [2.75, 3.05) is 26.2 Å². The summed E-state index contributed by atoms with van der Waals surface area (Å²) in [6, 6.07) is 6.28. The fourth-order valence-corrected chi connectivity index (χ4v) is 2.53. The lowest BCUT2D eigenvalue weighted by molar-refractivity contribution is 0.0727. The molecule has 2 rings (SSSR count). The van der Waals surface area contributed by atoms with Crippen molar-refractivity contribution in [3.05, 3.63) is 22.6 Å². The Morgan fingerprint density at radius 1 is 1.33 bits per heavy atom. The number of piperazine rings is 1. The normalized spacial score (nSPS) is 18.8. The molecule has 0 bridgehead atoms. The van der Waals surface area contributed by atoms with E-state index in [2.05, 4.69) is 31.8 Å². The van der Waals surface area contributed by atoms with Crippen LogP contribution in [0.2, 0.25) is 0 Å². The van der Waals surface area contributed by atoms with E-state index >= 15 is 0 Å². The molecule has 98 valence electrons. The second-order valence-electron chi connectivity index (χ2n) is 5.14. The number of nitriles is 1. The summed E-state index contributed by atoms with van der Waals surface area (Å²) in [5.41, 5.74) is -0.361. The van der Waals surface area contributed by atoms with Gasteiger partial charge >= 0.3 is 0 Å². The van der Waals surface area contributed by atoms with Gasteiger partial charge in [0.25, 0.3) is 0 Å². The molecule has 18 heavy (non-hydrogen) atoms. The lowest BCUT2D eigenvalue weighted by atomic mass is 10.0. The van der Waals surface area contributed by atoms with Crippen molar-refractivity contribution >= 4 is 15.9 Å². The van der Waals surface area contributed by atoms with E-state index < -0.39 is 0 Å². The zero-order valence-electron chi connectivity index (χ0n) is 10.8. The van der Waals surface area contributed by atoms with Gasteiger partial charge in [-0.1, -0.05) is 0 Å². The highest BCUT2D eigenvalue weighted by Crippen LogP contribution is 2.19. The van der Waals surface area contributed by atoms with E-state index in [0.29, 0.717) is 0 Å². The molecule has 1 aromatic rings. The van der Waals surface area contributed by atoms with Crippen molar-refractivity contribution < 1.29 is 4.42 Å². The van der Waals surface area contributed by atoms with Crippen LogP contribution in [0.5, 0.6) is 0 Å². The van der Waals surface area contributed by atoms with Crippen LogP contribution < -0.4 is 0 Å². The maximum Gasteiger partial charge on any atom is 0.169 e. The van der Waals surface area contributed by atoms with Crippen LogP contribution in [0.3, 0.4) is 0 Å². The maximum absolute atomic E-state index is 9.12. The second-order valence-corrected chi connectivity index (χ2v) is 5.92. The minimum absolute atomic E-state index is 0.361. The fourth-order valence-electron chi connectivity index (χ4n) is 2.19. The van der Waals surface area contributed by atoms with Crippen molar-refractivity contribution in [2.24, 2.45) is 0 Å². The van der Waals surface area contributed by atoms with Gasteiger partial charge in [-0.15, -0.1) is 0 Å². The Morgan fingerprint density at radius 3 is 2.50 bits per heavy atom. The molecule has 1 saturated heterocycles. The van der Waals surface area contributed by atoms with E-state index in [1.165, 1.54) is 0 Å². The molecule has 0 N–H and O–H groups in total. The first-order chi connectivity index (χ1) is 8.51. The Balaban J connectivity index is 1.86. The summed E-state index contributed by atoms with van der Waals surface area (Å²) in [5, 5.41) is 9.12. The average Bonchev–Trinajstić information content (AvgIpc) is 2.75. The number of halogens is 1. The molecule has 1 aromatic heterocycles. The van der Waals surface area contributed by atoms with E-state index in [1.54, 1.807) is 0 Å². The van der Waals surface area contributed by atoms with Crippen molar-refractivity contribution in [1.82, 2.24) is 9.80 Å². The molecule has 0 aliphatic carbocycles. The van der Waals surface area contributed by atoms with Gasteiger partial charge in [0, 0.05) is 26.2 Å². The molecule has 1 fully saturated rings. The largest absolute Gasteiger partial charge is 0.453 e. The predicted molar refractivity (Wildman–Crippen MR) is 73.0 cm³/mol. The molecule has 4 nitrogen and oxygen atoms in total. The second kappa shape index (κ2) is 5.43. The third-order valence-electron chi connectivity index (χ3n) is 3.44. The molecule has 0 aromatic carbocycles. The Kier molecular flexibility index (Phi) is 4.10. The van der Waals surface area contributed by atoms with Gasteiger partial charge in [-0.05, 0) is 41.9 Å². The van der Waals surface area contributed by atoms with Crippen LogP contribution in [-0.2, 0) is 6.54 Å². The van der Waals surface area contributed by atoms with Gasteiger partial charge < -0.3 is 4.42 Å². The van der Waals surface area contributed by atoms with Gasteiger partial charge in [0.1, 0.15) is 11.3 Å². The molecule has 2 heterocycles. The molecular formula is C13H18BrN3O. The number of nitrogens with zero attached hydrogens (tertiary/aromatic N) is 3. The zero-order valence-corrected chi connectivity index (χ0v) is 12.4. The molecule has 0 atom stereocenters. The number of hydrogen-bond donors (Lipinski definition) is 0. The molecule has 5 heteroatoms. The highest BCUT2D eigenvalue weighted by Gasteiger charge is 2.29. The monoisotopic (exact) mass is 311 g/mol. The van der Waals surface area contributed by atoms with E-state index in [4.69, 9.17) is 9.68 Å². The highest BCUT2D eigenvalue weighted by atomic mass is 79.9. The summed E-state index contributed by atoms with van der Waals surface area (Å²) < 4.78 is 6.29. The first-order valence-electron chi connectivity index (χ1n) is 6.14. The van der Waals surface area contributed by atoms with E-state index in [0.717, 1.165) is 43.2 Å². The lowest BCUT2D eigenvalue weighted by Gasteiger charge is -2.40. The summed E-state index contributed by atoms with van der Waals surface area (Å²) in [7, 11) is 0. The third kappa shape index (κ3) is 3.14. The number of furan rings is 1. The van der Waals surface area contributed by atoms with Crippen molar-refractivity contribution in [3.8, 4) is 6.07 Å². The smallest absolute Gasteiger partial charge is 0.169 e. The summed E-state index contributed by atoms with van der Waals surface area (Å²) in [6.07, 6.45) is 0. The molecule has 0 radical (unpaired) electrons. The van der Waals surface area contributed by atoms with Gasteiger partial charge in [0.15, 0.2) is 4.67 Å². The standard InChI is InChI=1S/C13H18BrN3O/c1-13(2,10-15)17-7-5-16(6-8-17)9-11-3-4-12(14)18-11/h3-4H,5-9H2,1-2H3. The van der Waals surface area contributed by atoms with E-state index in [-0.39, 0.29) is 5.54 Å². The van der Waals surface area contributed by atoms with Gasteiger partial charge in [-0.25, -0.2) is 0 Å². The van der Waals surface area contributed by atoms with Gasteiger partial charge in [-0.3, -0.25) is 9.80 Å². The molecule has 1 aliphatic heterocycles. The van der Waals surface area contributed by atoms with E-state index in [1.807, 2.05) is 26.0 Å². The third-order valence-corrected chi connectivity index (χ3v) is 3.87. The molecular weight excluding hydrogens is 294 g/mol. The number of rotatable bonds is 3. The first kappa shape index (κ1) is 13.6. The van der Waals surface area contributed by atoms with Gasteiger partial charge in [0.2, 0.25) is 0 Å². The van der Waals surface area contributed by atoms with Gasteiger partial charge in [0.05, 0.1) is 12.6 Å². The molecule has 0 spiro atoms. The van der Waals surface area contributed by atoms with E-state index in [9.17, 15) is 0 Å². The molecule has 0 unspecified atom stereocenters. The summed E-state index contributed by atoms with van der Waals surface area (Å²) in [6.45, 7) is 8.61. The van der Waals surface area contributed by atoms with Crippen LogP contribution in [0.1, 0.15) is 19.6 Å². The topological polar surface area (TPSA) is 43.4 Å². The van der Waals surface area contributed by atoms with Crippen LogP contribution in [0.15, 0.2) is 21.2 Å². The quantitative estimate of drug-likeness (QED) is 0.860.